The van der Waals surface area contributed by atoms with Crippen LogP contribution in [0, 0.1) is 5.41 Å². The van der Waals surface area contributed by atoms with E-state index in [0.717, 1.165) is 55.2 Å². The molecule has 1 aliphatic rings. The van der Waals surface area contributed by atoms with E-state index in [9.17, 15) is 5.41 Å². The van der Waals surface area contributed by atoms with Crippen molar-refractivity contribution in [3.05, 3.63) is 230 Å². The Morgan fingerprint density at radius 1 is 0.410 bits per heavy atom. The molecule has 0 spiro atoms. The predicted molar refractivity (Wildman–Crippen MR) is 258 cm³/mol. The van der Waals surface area contributed by atoms with Gasteiger partial charge >= 0.3 is 0 Å². The van der Waals surface area contributed by atoms with E-state index in [1.807, 2.05) is 36.5 Å². The van der Waals surface area contributed by atoms with Crippen LogP contribution >= 0.6 is 0 Å². The van der Waals surface area contributed by atoms with Crippen LogP contribution in [0.2, 0.25) is 0 Å². The number of nitrogens with one attached hydrogen (secondary N) is 2. The highest BCUT2D eigenvalue weighted by atomic mass is 15.3. The summed E-state index contributed by atoms with van der Waals surface area (Å²) in [6.07, 6.45) is 7.75. The van der Waals surface area contributed by atoms with Crippen LogP contribution in [0.3, 0.4) is 0 Å². The SMILES string of the molecule is N=C1C=C(c2ccc3cc(-c4cccc5ccccc45)ccc3c2)C=C(c2ccc3cc(-c4cccc5ccccc45)ccc3c2)/C1=N/Nc1cccc(-c2cccnc2)c1. The van der Waals surface area contributed by atoms with Crippen LogP contribution in [-0.2, 0) is 0 Å². The molecule has 0 saturated heterocycles. The van der Waals surface area contributed by atoms with E-state index in [1.165, 1.54) is 49.2 Å². The lowest BCUT2D eigenvalue weighted by molar-refractivity contribution is 1.32. The molecule has 1 heterocycles. The molecule has 4 nitrogen and oxygen atoms in total. The summed E-state index contributed by atoms with van der Waals surface area (Å²) in [6.45, 7) is 0. The van der Waals surface area contributed by atoms with Crippen LogP contribution < -0.4 is 5.43 Å². The van der Waals surface area contributed by atoms with Gasteiger partial charge in [0.1, 0.15) is 5.71 Å². The molecule has 286 valence electrons. The quantitative estimate of drug-likeness (QED) is 0.125. The van der Waals surface area contributed by atoms with Crippen molar-refractivity contribution in [1.29, 1.82) is 5.41 Å². The minimum atomic E-state index is 0.334. The van der Waals surface area contributed by atoms with Crippen LogP contribution in [0.25, 0.3) is 87.6 Å². The maximum atomic E-state index is 9.46. The van der Waals surface area contributed by atoms with Crippen LogP contribution in [-0.4, -0.2) is 16.4 Å². The molecule has 0 radical (unpaired) electrons. The lowest BCUT2D eigenvalue weighted by Crippen LogP contribution is -2.19. The predicted octanol–water partition coefficient (Wildman–Crippen LogP) is 14.7. The van der Waals surface area contributed by atoms with Crippen molar-refractivity contribution < 1.29 is 0 Å². The van der Waals surface area contributed by atoms with Crippen molar-refractivity contribution in [2.45, 2.75) is 0 Å². The van der Waals surface area contributed by atoms with Gasteiger partial charge in [0.05, 0.1) is 11.4 Å². The number of benzene rings is 9. The minimum absolute atomic E-state index is 0.334. The summed E-state index contributed by atoms with van der Waals surface area (Å²) in [5, 5.41) is 23.9. The smallest absolute Gasteiger partial charge is 0.116 e. The van der Waals surface area contributed by atoms with E-state index >= 15 is 0 Å². The first kappa shape index (κ1) is 35.9. The average Bonchev–Trinajstić information content (AvgIpc) is 3.32. The minimum Gasteiger partial charge on any atom is -0.299 e. The summed E-state index contributed by atoms with van der Waals surface area (Å²) in [7, 11) is 0. The van der Waals surface area contributed by atoms with Crippen LogP contribution in [0.1, 0.15) is 11.1 Å². The molecule has 1 aliphatic carbocycles. The van der Waals surface area contributed by atoms with E-state index in [-0.39, 0.29) is 0 Å². The second-order valence-electron chi connectivity index (χ2n) is 15.6. The fraction of sp³-hybridized carbons (Fsp3) is 0. The van der Waals surface area contributed by atoms with Crippen LogP contribution in [0.4, 0.5) is 5.69 Å². The van der Waals surface area contributed by atoms with Gasteiger partial charge in [-0.25, -0.2) is 0 Å². The van der Waals surface area contributed by atoms with Crippen LogP contribution in [0.5, 0.6) is 0 Å². The largest absolute Gasteiger partial charge is 0.299 e. The second-order valence-corrected chi connectivity index (χ2v) is 15.6. The molecule has 1 aromatic heterocycles. The van der Waals surface area contributed by atoms with Gasteiger partial charge in [-0.2, -0.15) is 5.10 Å². The maximum Gasteiger partial charge on any atom is 0.116 e. The number of allylic oxidation sites excluding steroid dienone is 4. The van der Waals surface area contributed by atoms with Gasteiger partial charge in [-0.1, -0.05) is 152 Å². The lowest BCUT2D eigenvalue weighted by Gasteiger charge is -2.19. The molecule has 0 atom stereocenters. The van der Waals surface area contributed by atoms with E-state index in [4.69, 9.17) is 5.10 Å². The molecule has 0 aliphatic heterocycles. The number of aromatic nitrogens is 1. The lowest BCUT2D eigenvalue weighted by atomic mass is 9.86. The molecule has 4 heteroatoms. The Bertz CT molecular complexity index is 3460. The molecule has 2 N–H and O–H groups in total. The zero-order valence-electron chi connectivity index (χ0n) is 33.2. The van der Waals surface area contributed by atoms with Gasteiger partial charge in [0.15, 0.2) is 0 Å². The average molecular weight is 779 g/mol. The number of rotatable bonds is 7. The number of anilines is 1. The molecule has 0 saturated carbocycles. The van der Waals surface area contributed by atoms with Crippen molar-refractivity contribution in [2.75, 3.05) is 5.43 Å². The molecular weight excluding hydrogens is 741 g/mol. The van der Waals surface area contributed by atoms with E-state index < -0.39 is 0 Å². The van der Waals surface area contributed by atoms with Gasteiger partial charge in [0.2, 0.25) is 0 Å². The highest BCUT2D eigenvalue weighted by Gasteiger charge is 2.22. The Kier molecular flexibility index (Phi) is 8.94. The van der Waals surface area contributed by atoms with Crippen LogP contribution in [0.15, 0.2) is 224 Å². The first-order valence-electron chi connectivity index (χ1n) is 20.5. The highest BCUT2D eigenvalue weighted by Crippen LogP contribution is 2.36. The molecule has 0 unspecified atom stereocenters. The Balaban J connectivity index is 0.976. The van der Waals surface area contributed by atoms with Gasteiger partial charge in [0, 0.05) is 23.5 Å². The Morgan fingerprint density at radius 2 is 0.951 bits per heavy atom. The number of hydrogen-bond acceptors (Lipinski definition) is 4. The molecule has 9 aromatic carbocycles. The summed E-state index contributed by atoms with van der Waals surface area (Å²) in [6, 6.07) is 68.7. The summed E-state index contributed by atoms with van der Waals surface area (Å²) in [5.74, 6) is 0. The Morgan fingerprint density at radius 3 is 1.59 bits per heavy atom. The fourth-order valence-electron chi connectivity index (χ4n) is 8.69. The summed E-state index contributed by atoms with van der Waals surface area (Å²) in [4.78, 5) is 4.30. The van der Waals surface area contributed by atoms with Crippen molar-refractivity contribution in [3.8, 4) is 33.4 Å². The molecular formula is C57H38N4. The van der Waals surface area contributed by atoms with Gasteiger partial charge < -0.3 is 0 Å². The number of nitrogens with zero attached hydrogens (tertiary/aromatic N) is 2. The summed E-state index contributed by atoms with van der Waals surface area (Å²) >= 11 is 0. The molecule has 61 heavy (non-hydrogen) atoms. The fourth-order valence-corrected chi connectivity index (χ4v) is 8.69. The first-order chi connectivity index (χ1) is 30.1. The van der Waals surface area contributed by atoms with E-state index in [1.54, 1.807) is 6.20 Å². The number of fused-ring (bicyclic) bond motifs is 4. The normalized spacial score (nSPS) is 13.5. The second kappa shape index (κ2) is 15.2. The summed E-state index contributed by atoms with van der Waals surface area (Å²) < 4.78 is 0. The third kappa shape index (κ3) is 6.86. The number of hydrazone groups is 1. The zero-order valence-corrected chi connectivity index (χ0v) is 33.2. The Labute approximate surface area is 354 Å². The number of hydrogen-bond donors (Lipinski definition) is 2. The number of pyridine rings is 1. The molecule has 0 bridgehead atoms. The van der Waals surface area contributed by atoms with E-state index in [0.29, 0.717) is 11.4 Å². The molecule has 0 fully saturated rings. The molecule has 11 rings (SSSR count). The monoisotopic (exact) mass is 778 g/mol. The summed E-state index contributed by atoms with van der Waals surface area (Å²) in [5.41, 5.74) is 15.8. The molecule has 10 aromatic rings. The van der Waals surface area contributed by atoms with Gasteiger partial charge in [-0.05, 0) is 142 Å². The van der Waals surface area contributed by atoms with Gasteiger partial charge in [0.25, 0.3) is 0 Å². The third-order valence-corrected chi connectivity index (χ3v) is 11.8. The van der Waals surface area contributed by atoms with Gasteiger partial charge in [-0.15, -0.1) is 0 Å². The van der Waals surface area contributed by atoms with Crippen molar-refractivity contribution in [2.24, 2.45) is 5.10 Å². The van der Waals surface area contributed by atoms with Crippen molar-refractivity contribution in [3.63, 3.8) is 0 Å². The van der Waals surface area contributed by atoms with Crippen molar-refractivity contribution >= 4 is 71.3 Å². The first-order valence-corrected chi connectivity index (χ1v) is 20.5. The third-order valence-electron chi connectivity index (χ3n) is 11.8. The molecule has 0 amide bonds. The Hall–Kier alpha value is -8.21. The van der Waals surface area contributed by atoms with Gasteiger partial charge in [-0.3, -0.25) is 15.8 Å². The van der Waals surface area contributed by atoms with Crippen molar-refractivity contribution in [1.82, 2.24) is 4.98 Å². The standard InChI is InChI=1S/C57H38N4/c58-56-35-49(44-21-20-41-30-45(25-22-40(41)29-44)53-18-6-11-37-9-1-3-16-51(37)53)34-55(57(56)61-60-50-15-5-13-39(33-50)48-14-8-28-59-36-48)47-27-24-42-31-46(26-23-43(42)32-47)54-19-7-12-38-10-2-4-17-52(38)54/h1-36,58,60H/b58-56?,61-57-. The topological polar surface area (TPSA) is 61.1 Å². The maximum absolute atomic E-state index is 9.46. The highest BCUT2D eigenvalue weighted by molar-refractivity contribution is 6.62. The van der Waals surface area contributed by atoms with E-state index in [2.05, 4.69) is 186 Å². The zero-order chi connectivity index (χ0) is 40.7.